The Balaban J connectivity index is 2.34. The summed E-state index contributed by atoms with van der Waals surface area (Å²) >= 11 is 4.85. The van der Waals surface area contributed by atoms with E-state index in [0.717, 1.165) is 11.1 Å². The maximum Gasteiger partial charge on any atom is 0.407 e. The highest BCUT2D eigenvalue weighted by Crippen LogP contribution is 2.04. The first-order valence-corrected chi connectivity index (χ1v) is 5.82. The van der Waals surface area contributed by atoms with E-state index >= 15 is 0 Å². The number of carbonyl (C=O) groups is 1. The number of benzene rings is 1. The Bertz CT molecular complexity index is 406. The first kappa shape index (κ1) is 14.4. The van der Waals surface area contributed by atoms with Gasteiger partial charge in [-0.25, -0.2) is 4.79 Å². The molecule has 6 heteroatoms. The topological polar surface area (TPSA) is 73.6 Å². The largest absolute Gasteiger partial charge is 0.447 e. The molecule has 0 atom stereocenters. The van der Waals surface area contributed by atoms with Crippen molar-refractivity contribution >= 4 is 23.3 Å². The fourth-order valence-corrected chi connectivity index (χ4v) is 1.37. The second-order valence-electron chi connectivity index (χ2n) is 3.54. The van der Waals surface area contributed by atoms with Gasteiger partial charge in [0, 0.05) is 19.2 Å². The summed E-state index contributed by atoms with van der Waals surface area (Å²) in [5, 5.41) is 2.63. The number of carbonyl (C=O) groups excluding carboxylic acids is 1. The zero-order valence-corrected chi connectivity index (χ0v) is 11.0. The molecule has 0 radical (unpaired) electrons. The molecule has 0 saturated carbocycles. The maximum absolute atomic E-state index is 11.2. The molecule has 18 heavy (non-hydrogen) atoms. The summed E-state index contributed by atoms with van der Waals surface area (Å²) in [7, 11) is 1.55. The Morgan fingerprint density at radius 1 is 1.33 bits per heavy atom. The van der Waals surface area contributed by atoms with E-state index < -0.39 is 6.09 Å². The van der Waals surface area contributed by atoms with Crippen LogP contribution in [0.25, 0.3) is 0 Å². The van der Waals surface area contributed by atoms with Crippen LogP contribution in [0.2, 0.25) is 0 Å². The normalized spacial score (nSPS) is 9.83. The van der Waals surface area contributed by atoms with Crippen LogP contribution >= 0.6 is 12.2 Å². The Morgan fingerprint density at radius 3 is 2.56 bits per heavy atom. The Morgan fingerprint density at radius 2 is 2.00 bits per heavy atom. The molecule has 0 spiro atoms. The van der Waals surface area contributed by atoms with Gasteiger partial charge in [0.1, 0.15) is 11.6 Å². The standard InChI is InChI=1S/C12H16N2O3S/c1-16-6-7-17-12(15)14-8-9-2-4-10(5-3-9)11(13)18/h2-5H,6-8H2,1H3,(H2,13,18)(H,14,15). The SMILES string of the molecule is COCCOC(=O)NCc1ccc(C(N)=S)cc1. The van der Waals surface area contributed by atoms with Crippen molar-refractivity contribution in [1.82, 2.24) is 5.32 Å². The highest BCUT2D eigenvalue weighted by Gasteiger charge is 2.02. The molecular formula is C12H16N2O3S. The van der Waals surface area contributed by atoms with Crippen LogP contribution in [0.3, 0.4) is 0 Å². The summed E-state index contributed by atoms with van der Waals surface area (Å²) < 4.78 is 9.61. The van der Waals surface area contributed by atoms with Gasteiger partial charge in [-0.3, -0.25) is 0 Å². The van der Waals surface area contributed by atoms with Crippen LogP contribution in [0.1, 0.15) is 11.1 Å². The summed E-state index contributed by atoms with van der Waals surface area (Å²) in [6.07, 6.45) is -0.467. The molecule has 0 aromatic heterocycles. The van der Waals surface area contributed by atoms with E-state index in [4.69, 9.17) is 27.4 Å². The third-order valence-corrected chi connectivity index (χ3v) is 2.43. The molecule has 0 aliphatic heterocycles. The molecule has 0 unspecified atom stereocenters. The first-order chi connectivity index (χ1) is 8.63. The lowest BCUT2D eigenvalue weighted by atomic mass is 10.1. The van der Waals surface area contributed by atoms with Crippen molar-refractivity contribution in [1.29, 1.82) is 0 Å². The zero-order chi connectivity index (χ0) is 13.4. The molecule has 0 aliphatic carbocycles. The second-order valence-corrected chi connectivity index (χ2v) is 3.98. The Labute approximate surface area is 111 Å². The lowest BCUT2D eigenvalue weighted by molar-refractivity contribution is 0.0983. The lowest BCUT2D eigenvalue weighted by Crippen LogP contribution is -2.25. The van der Waals surface area contributed by atoms with Crippen molar-refractivity contribution in [3.05, 3.63) is 35.4 Å². The monoisotopic (exact) mass is 268 g/mol. The van der Waals surface area contributed by atoms with Crippen LogP contribution in [0.5, 0.6) is 0 Å². The molecule has 3 N–H and O–H groups in total. The molecule has 0 aliphatic rings. The van der Waals surface area contributed by atoms with Gasteiger partial charge in [-0.05, 0) is 5.56 Å². The van der Waals surface area contributed by atoms with Crippen LogP contribution in [0, 0.1) is 0 Å². The quantitative estimate of drug-likeness (QED) is 0.599. The van der Waals surface area contributed by atoms with Crippen LogP contribution in [0.15, 0.2) is 24.3 Å². The molecule has 0 saturated heterocycles. The number of hydrogen-bond donors (Lipinski definition) is 2. The average molecular weight is 268 g/mol. The average Bonchev–Trinajstić information content (AvgIpc) is 2.37. The Hall–Kier alpha value is -1.66. The number of rotatable bonds is 6. The molecule has 0 fully saturated rings. The molecule has 0 bridgehead atoms. The van der Waals surface area contributed by atoms with Gasteiger partial charge in [0.05, 0.1) is 6.61 Å². The van der Waals surface area contributed by atoms with Gasteiger partial charge in [0.25, 0.3) is 0 Å². The van der Waals surface area contributed by atoms with E-state index in [2.05, 4.69) is 5.32 Å². The summed E-state index contributed by atoms with van der Waals surface area (Å²) in [4.78, 5) is 11.6. The number of methoxy groups -OCH3 is 1. The van der Waals surface area contributed by atoms with Crippen molar-refractivity contribution in [2.45, 2.75) is 6.54 Å². The van der Waals surface area contributed by atoms with Crippen molar-refractivity contribution in [2.24, 2.45) is 5.73 Å². The highest BCUT2D eigenvalue weighted by molar-refractivity contribution is 7.80. The van der Waals surface area contributed by atoms with Gasteiger partial charge in [0.2, 0.25) is 0 Å². The maximum atomic E-state index is 11.2. The molecule has 1 aromatic carbocycles. The molecule has 0 heterocycles. The van der Waals surface area contributed by atoms with Crippen molar-refractivity contribution in [3.63, 3.8) is 0 Å². The van der Waals surface area contributed by atoms with Crippen molar-refractivity contribution in [2.75, 3.05) is 20.3 Å². The molecule has 1 rings (SSSR count). The first-order valence-electron chi connectivity index (χ1n) is 5.42. The van der Waals surface area contributed by atoms with Gasteiger partial charge in [-0.15, -0.1) is 0 Å². The smallest absolute Gasteiger partial charge is 0.407 e. The van der Waals surface area contributed by atoms with Gasteiger partial charge in [0.15, 0.2) is 0 Å². The number of alkyl carbamates (subject to hydrolysis) is 1. The van der Waals surface area contributed by atoms with Gasteiger partial charge in [-0.1, -0.05) is 36.5 Å². The summed E-state index contributed by atoms with van der Waals surface area (Å²) in [6, 6.07) is 7.33. The number of hydrogen-bond acceptors (Lipinski definition) is 4. The van der Waals surface area contributed by atoms with E-state index in [0.29, 0.717) is 18.1 Å². The minimum Gasteiger partial charge on any atom is -0.447 e. The minimum absolute atomic E-state index is 0.239. The summed E-state index contributed by atoms with van der Waals surface area (Å²) in [5.41, 5.74) is 7.23. The number of nitrogens with one attached hydrogen (secondary N) is 1. The van der Waals surface area contributed by atoms with Crippen LogP contribution in [0.4, 0.5) is 4.79 Å². The van der Waals surface area contributed by atoms with Crippen molar-refractivity contribution in [3.8, 4) is 0 Å². The van der Waals surface area contributed by atoms with E-state index in [1.165, 1.54) is 0 Å². The predicted molar refractivity (Wildman–Crippen MR) is 72.4 cm³/mol. The zero-order valence-electron chi connectivity index (χ0n) is 10.1. The van der Waals surface area contributed by atoms with Gasteiger partial charge in [-0.2, -0.15) is 0 Å². The fourth-order valence-electron chi connectivity index (χ4n) is 1.23. The van der Waals surface area contributed by atoms with Gasteiger partial charge < -0.3 is 20.5 Å². The molecule has 1 aromatic rings. The van der Waals surface area contributed by atoms with Crippen LogP contribution in [-0.2, 0) is 16.0 Å². The highest BCUT2D eigenvalue weighted by atomic mass is 32.1. The number of thiocarbonyl (C=S) groups is 1. The number of ether oxygens (including phenoxy) is 2. The molecule has 1 amide bonds. The molecule has 98 valence electrons. The van der Waals surface area contributed by atoms with E-state index in [-0.39, 0.29) is 6.61 Å². The minimum atomic E-state index is -0.467. The Kier molecular flexibility index (Phi) is 6.10. The lowest BCUT2D eigenvalue weighted by Gasteiger charge is -2.07. The third-order valence-electron chi connectivity index (χ3n) is 2.20. The predicted octanol–water partition coefficient (Wildman–Crippen LogP) is 1.19. The summed E-state index contributed by atoms with van der Waals surface area (Å²) in [5.74, 6) is 0. The van der Waals surface area contributed by atoms with Crippen LogP contribution < -0.4 is 11.1 Å². The van der Waals surface area contributed by atoms with E-state index in [9.17, 15) is 4.79 Å². The van der Waals surface area contributed by atoms with Crippen molar-refractivity contribution < 1.29 is 14.3 Å². The second kappa shape index (κ2) is 7.62. The third kappa shape index (κ3) is 5.11. The molecule has 5 nitrogen and oxygen atoms in total. The fraction of sp³-hybridized carbons (Fsp3) is 0.333. The van der Waals surface area contributed by atoms with Gasteiger partial charge >= 0.3 is 6.09 Å². The van der Waals surface area contributed by atoms with E-state index in [1.807, 2.05) is 24.3 Å². The number of nitrogens with two attached hydrogens (primary N) is 1. The van der Waals surface area contributed by atoms with Crippen LogP contribution in [-0.4, -0.2) is 31.4 Å². The number of amides is 1. The van der Waals surface area contributed by atoms with E-state index in [1.54, 1.807) is 7.11 Å². The molecular weight excluding hydrogens is 252 g/mol. The summed E-state index contributed by atoms with van der Waals surface area (Å²) in [6.45, 7) is 1.02.